The highest BCUT2D eigenvalue weighted by atomic mass is 16.5. The Morgan fingerprint density at radius 2 is 1.74 bits per heavy atom. The van der Waals surface area contributed by atoms with Crippen LogP contribution in [-0.2, 0) is 17.6 Å². The third-order valence-corrected chi connectivity index (χ3v) is 6.47. The lowest BCUT2D eigenvalue weighted by Crippen LogP contribution is -2.32. The first-order chi connectivity index (χ1) is 16.0. The average Bonchev–Trinajstić information content (AvgIpc) is 3.13. The largest absolute Gasteiger partial charge is 0.511 e. The first kappa shape index (κ1) is 23.9. The van der Waals surface area contributed by atoms with Crippen LogP contribution >= 0.6 is 0 Å². The number of ketones is 2. The molecule has 1 heterocycles. The predicted octanol–water partition coefficient (Wildman–Crippen LogP) is 5.74. The van der Waals surface area contributed by atoms with Crippen molar-refractivity contribution >= 4 is 23.0 Å². The van der Waals surface area contributed by atoms with E-state index in [0.717, 1.165) is 0 Å². The van der Waals surface area contributed by atoms with Crippen LogP contribution in [0.2, 0.25) is 0 Å². The van der Waals surface area contributed by atoms with E-state index in [4.69, 9.17) is 14.3 Å². The second-order valence-corrected chi connectivity index (χ2v) is 10.9. The SMILES string of the molecule is COc1ccccc1N=C1CC(C)(C)CC(=O)/C1=C(/O)CCc1noc2c1C(=O)CC(C)(C)C2. The number of para-hydroxylation sites is 2. The van der Waals surface area contributed by atoms with Gasteiger partial charge in [-0.2, -0.15) is 0 Å². The Bertz CT molecular complexity index is 1200. The van der Waals surface area contributed by atoms with Gasteiger partial charge in [0, 0.05) is 32.1 Å². The van der Waals surface area contributed by atoms with E-state index in [0.29, 0.717) is 66.3 Å². The molecular weight excluding hydrogens is 432 g/mol. The van der Waals surface area contributed by atoms with Crippen molar-refractivity contribution in [2.75, 3.05) is 7.11 Å². The van der Waals surface area contributed by atoms with Crippen LogP contribution in [0.3, 0.4) is 0 Å². The number of hydrogen-bond donors (Lipinski definition) is 1. The molecule has 0 unspecified atom stereocenters. The molecule has 2 aromatic rings. The number of benzene rings is 1. The van der Waals surface area contributed by atoms with Gasteiger partial charge in [0.15, 0.2) is 11.6 Å². The summed E-state index contributed by atoms with van der Waals surface area (Å²) in [6.45, 7) is 8.10. The standard InChI is InChI=1S/C27H32N2O5/c1-26(2)12-18(28-16-8-6-7-9-22(16)33-5)24(20(31)13-26)19(30)11-10-17-25-21(32)14-27(3,4)15-23(25)34-29-17/h6-9,30H,10-15H2,1-5H3/b24-19+,28-18?. The van der Waals surface area contributed by atoms with Gasteiger partial charge >= 0.3 is 0 Å². The molecule has 7 heteroatoms. The van der Waals surface area contributed by atoms with Crippen molar-refractivity contribution in [1.29, 1.82) is 0 Å². The maximum absolute atomic E-state index is 13.1. The van der Waals surface area contributed by atoms with E-state index >= 15 is 0 Å². The minimum absolute atomic E-state index is 0.0172. The number of aliphatic hydroxyl groups is 1. The number of hydrogen-bond acceptors (Lipinski definition) is 7. The minimum Gasteiger partial charge on any atom is -0.511 e. The van der Waals surface area contributed by atoms with Crippen molar-refractivity contribution in [2.45, 2.75) is 66.2 Å². The fourth-order valence-corrected chi connectivity index (χ4v) is 4.93. The zero-order chi connectivity index (χ0) is 24.7. The van der Waals surface area contributed by atoms with Gasteiger partial charge in [0.05, 0.1) is 29.7 Å². The number of carbonyl (C=O) groups excluding carboxylic acids is 2. The second-order valence-electron chi connectivity index (χ2n) is 10.9. The molecule has 0 saturated heterocycles. The zero-order valence-electron chi connectivity index (χ0n) is 20.5. The quantitative estimate of drug-likeness (QED) is 0.447. The summed E-state index contributed by atoms with van der Waals surface area (Å²) >= 11 is 0. The van der Waals surface area contributed by atoms with E-state index in [1.165, 1.54) is 0 Å². The van der Waals surface area contributed by atoms with E-state index in [2.05, 4.69) is 5.16 Å². The predicted molar refractivity (Wildman–Crippen MR) is 129 cm³/mol. The summed E-state index contributed by atoms with van der Waals surface area (Å²) in [7, 11) is 1.57. The van der Waals surface area contributed by atoms with Crippen LogP contribution in [-0.4, -0.2) is 34.7 Å². The molecule has 0 atom stereocenters. The Kier molecular flexibility index (Phi) is 6.23. The Labute approximate surface area is 199 Å². The zero-order valence-corrected chi connectivity index (χ0v) is 20.5. The van der Waals surface area contributed by atoms with Gasteiger partial charge in [0.2, 0.25) is 0 Å². The Morgan fingerprint density at radius 3 is 2.47 bits per heavy atom. The van der Waals surface area contributed by atoms with Crippen molar-refractivity contribution in [3.8, 4) is 5.75 Å². The third kappa shape index (κ3) is 4.83. The molecule has 0 amide bonds. The highest BCUT2D eigenvalue weighted by molar-refractivity contribution is 6.25. The fraction of sp³-hybridized carbons (Fsp3) is 0.481. The molecule has 2 aliphatic rings. The van der Waals surface area contributed by atoms with Crippen molar-refractivity contribution in [3.05, 3.63) is 52.6 Å². The summed E-state index contributed by atoms with van der Waals surface area (Å²) in [5, 5.41) is 15.2. The number of aliphatic hydroxyl groups excluding tert-OH is 1. The number of rotatable bonds is 5. The molecular formula is C27H32N2O5. The molecule has 1 aromatic carbocycles. The topological polar surface area (TPSA) is 102 Å². The van der Waals surface area contributed by atoms with Gasteiger partial charge in [0.25, 0.3) is 0 Å². The van der Waals surface area contributed by atoms with Crippen molar-refractivity contribution < 1.29 is 24.0 Å². The van der Waals surface area contributed by atoms with E-state index in [-0.39, 0.29) is 40.1 Å². The normalized spacial score (nSPS) is 22.0. The number of nitrogens with zero attached hydrogens (tertiary/aromatic N) is 2. The van der Waals surface area contributed by atoms with Crippen molar-refractivity contribution in [1.82, 2.24) is 5.16 Å². The minimum atomic E-state index is -0.272. The van der Waals surface area contributed by atoms with E-state index in [9.17, 15) is 14.7 Å². The monoisotopic (exact) mass is 464 g/mol. The van der Waals surface area contributed by atoms with Crippen molar-refractivity contribution in [2.24, 2.45) is 15.8 Å². The molecule has 7 nitrogen and oxygen atoms in total. The molecule has 180 valence electrons. The highest BCUT2D eigenvalue weighted by Crippen LogP contribution is 2.39. The van der Waals surface area contributed by atoms with Gasteiger partial charge in [-0.25, -0.2) is 4.99 Å². The van der Waals surface area contributed by atoms with Gasteiger partial charge in [-0.15, -0.1) is 0 Å². The molecule has 0 aliphatic heterocycles. The van der Waals surface area contributed by atoms with Crippen LogP contribution in [0, 0.1) is 10.8 Å². The molecule has 1 N–H and O–H groups in total. The van der Waals surface area contributed by atoms with Crippen LogP contribution < -0.4 is 4.74 Å². The van der Waals surface area contributed by atoms with Gasteiger partial charge in [-0.1, -0.05) is 45.0 Å². The van der Waals surface area contributed by atoms with E-state index in [1.54, 1.807) is 7.11 Å². The van der Waals surface area contributed by atoms with Gasteiger partial charge in [0.1, 0.15) is 23.0 Å². The Morgan fingerprint density at radius 1 is 1.06 bits per heavy atom. The molecule has 4 rings (SSSR count). The fourth-order valence-electron chi connectivity index (χ4n) is 4.93. The Balaban J connectivity index is 1.65. The average molecular weight is 465 g/mol. The lowest BCUT2D eigenvalue weighted by atomic mass is 9.73. The van der Waals surface area contributed by atoms with Crippen LogP contribution in [0.25, 0.3) is 0 Å². The lowest BCUT2D eigenvalue weighted by molar-refractivity contribution is -0.117. The highest BCUT2D eigenvalue weighted by Gasteiger charge is 2.38. The van der Waals surface area contributed by atoms with Crippen molar-refractivity contribution in [3.63, 3.8) is 0 Å². The molecule has 0 spiro atoms. The number of aromatic nitrogens is 1. The summed E-state index contributed by atoms with van der Waals surface area (Å²) in [5.74, 6) is 1.05. The lowest BCUT2D eigenvalue weighted by Gasteiger charge is -2.31. The maximum atomic E-state index is 13.1. The number of carbonyl (C=O) groups is 2. The van der Waals surface area contributed by atoms with Crippen LogP contribution in [0.5, 0.6) is 5.75 Å². The number of Topliss-reactive ketones (excluding diaryl/α,β-unsaturated/α-hetero) is 2. The summed E-state index contributed by atoms with van der Waals surface area (Å²) in [5.41, 5.74) is 2.06. The van der Waals surface area contributed by atoms with Gasteiger partial charge < -0.3 is 14.4 Å². The maximum Gasteiger partial charge on any atom is 0.168 e. The smallest absolute Gasteiger partial charge is 0.168 e. The molecule has 0 bridgehead atoms. The summed E-state index contributed by atoms with van der Waals surface area (Å²) < 4.78 is 10.9. The summed E-state index contributed by atoms with van der Waals surface area (Å²) in [4.78, 5) is 30.6. The summed E-state index contributed by atoms with van der Waals surface area (Å²) in [6, 6.07) is 7.34. The Hall–Kier alpha value is -3.22. The van der Waals surface area contributed by atoms with Crippen LogP contribution in [0.1, 0.15) is 75.2 Å². The molecule has 0 radical (unpaired) electrons. The molecule has 2 aliphatic carbocycles. The molecule has 1 fully saturated rings. The molecule has 34 heavy (non-hydrogen) atoms. The number of fused-ring (bicyclic) bond motifs is 1. The molecule has 1 aromatic heterocycles. The number of ether oxygens (including phenoxy) is 1. The van der Waals surface area contributed by atoms with Crippen LogP contribution in [0.4, 0.5) is 5.69 Å². The first-order valence-electron chi connectivity index (χ1n) is 11.7. The number of aliphatic imine (C=N–C) groups is 1. The van der Waals surface area contributed by atoms with Gasteiger partial charge in [-0.05, 0) is 29.4 Å². The van der Waals surface area contributed by atoms with Crippen LogP contribution in [0.15, 0.2) is 45.1 Å². The number of methoxy groups -OCH3 is 1. The summed E-state index contributed by atoms with van der Waals surface area (Å²) in [6.07, 6.45) is 2.43. The van der Waals surface area contributed by atoms with E-state index < -0.39 is 0 Å². The third-order valence-electron chi connectivity index (χ3n) is 6.47. The number of aryl methyl sites for hydroxylation is 1. The first-order valence-corrected chi connectivity index (χ1v) is 11.7. The van der Waals surface area contributed by atoms with E-state index in [1.807, 2.05) is 52.0 Å². The second kappa shape index (κ2) is 8.85. The molecule has 1 saturated carbocycles. The number of allylic oxidation sites excluding steroid dienone is 2. The van der Waals surface area contributed by atoms with Gasteiger partial charge in [-0.3, -0.25) is 9.59 Å².